The van der Waals surface area contributed by atoms with Crippen LogP contribution in [0.5, 0.6) is 5.75 Å². The van der Waals surface area contributed by atoms with Crippen LogP contribution in [0.1, 0.15) is 11.1 Å². The molecule has 0 heterocycles. The van der Waals surface area contributed by atoms with Gasteiger partial charge in [0, 0.05) is 10.0 Å². The molecule has 0 fully saturated rings. The number of hydrogen-bond donors (Lipinski definition) is 0. The number of nitrogens with zero attached hydrogens (tertiary/aromatic N) is 2. The van der Waals surface area contributed by atoms with Crippen molar-refractivity contribution in [1.82, 2.24) is 0 Å². The predicted molar refractivity (Wildman–Crippen MR) is 83.1 cm³/mol. The van der Waals surface area contributed by atoms with Gasteiger partial charge >= 0.3 is 0 Å². The lowest BCUT2D eigenvalue weighted by Crippen LogP contribution is -1.88. The second kappa shape index (κ2) is 6.25. The molecule has 0 saturated heterocycles. The third-order valence-electron chi connectivity index (χ3n) is 2.72. The molecule has 2 rings (SSSR count). The Bertz CT molecular complexity index is 649. The van der Waals surface area contributed by atoms with E-state index >= 15 is 0 Å². The maximum Gasteiger partial charge on any atom is 0.149 e. The molecule has 104 valence electrons. The molecule has 0 aliphatic carbocycles. The van der Waals surface area contributed by atoms with Crippen LogP contribution in [0.15, 0.2) is 40.6 Å². The molecule has 5 heteroatoms. The number of halogens is 2. The van der Waals surface area contributed by atoms with Gasteiger partial charge in [-0.15, -0.1) is 5.11 Å². The van der Waals surface area contributed by atoms with Crippen molar-refractivity contribution in [3.8, 4) is 5.75 Å². The van der Waals surface area contributed by atoms with Crippen molar-refractivity contribution in [3.05, 3.63) is 51.5 Å². The summed E-state index contributed by atoms with van der Waals surface area (Å²) >= 11 is 11.9. The zero-order chi connectivity index (χ0) is 14.7. The highest BCUT2D eigenvalue weighted by Crippen LogP contribution is 2.34. The van der Waals surface area contributed by atoms with Crippen molar-refractivity contribution in [2.45, 2.75) is 13.8 Å². The topological polar surface area (TPSA) is 34.0 Å². The zero-order valence-corrected chi connectivity index (χ0v) is 13.0. The number of benzene rings is 2. The van der Waals surface area contributed by atoms with Gasteiger partial charge in [-0.1, -0.05) is 29.3 Å². The second-order valence-corrected chi connectivity index (χ2v) is 5.33. The van der Waals surface area contributed by atoms with Gasteiger partial charge in [-0.2, -0.15) is 5.11 Å². The molecule has 0 unspecified atom stereocenters. The first-order valence-electron chi connectivity index (χ1n) is 6.02. The molecule has 0 spiro atoms. The van der Waals surface area contributed by atoms with Crippen molar-refractivity contribution in [1.29, 1.82) is 0 Å². The van der Waals surface area contributed by atoms with Crippen molar-refractivity contribution in [2.24, 2.45) is 10.2 Å². The van der Waals surface area contributed by atoms with E-state index in [9.17, 15) is 0 Å². The normalized spacial score (nSPS) is 11.1. The van der Waals surface area contributed by atoms with Gasteiger partial charge in [0.2, 0.25) is 0 Å². The maximum absolute atomic E-state index is 5.93. The first-order valence-corrected chi connectivity index (χ1v) is 6.78. The van der Waals surface area contributed by atoms with E-state index in [1.807, 2.05) is 26.0 Å². The Kier molecular flexibility index (Phi) is 4.63. The molecule has 2 aromatic rings. The number of aryl methyl sites for hydroxylation is 2. The fraction of sp³-hybridized carbons (Fsp3) is 0.200. The maximum atomic E-state index is 5.93. The molecule has 0 aromatic heterocycles. The summed E-state index contributed by atoms with van der Waals surface area (Å²) in [5, 5.41) is 9.45. The molecule has 0 radical (unpaired) electrons. The summed E-state index contributed by atoms with van der Waals surface area (Å²) < 4.78 is 5.36. The summed E-state index contributed by atoms with van der Waals surface area (Å²) in [5.74, 6) is 0.715. The molecule has 3 nitrogen and oxygen atoms in total. The molecule has 0 saturated carbocycles. The van der Waals surface area contributed by atoms with Crippen LogP contribution >= 0.6 is 23.2 Å². The first-order chi connectivity index (χ1) is 9.49. The van der Waals surface area contributed by atoms with Crippen LogP contribution in [0.4, 0.5) is 11.4 Å². The number of hydrogen-bond acceptors (Lipinski definition) is 3. The summed E-state index contributed by atoms with van der Waals surface area (Å²) in [6.07, 6.45) is 0. The molecule has 2 aromatic carbocycles. The molecule has 0 atom stereocenters. The Morgan fingerprint density at radius 2 is 1.55 bits per heavy atom. The fourth-order valence-corrected chi connectivity index (χ4v) is 2.49. The molecular formula is C15H14Cl2N2O. The standard InChI is InChI=1S/C15H14Cl2N2O/c1-9-4-10(2)15(20-3)14(5-9)19-18-13-7-11(16)6-12(17)8-13/h4-8H,1-3H3. The van der Waals surface area contributed by atoms with Crippen LogP contribution in [0.3, 0.4) is 0 Å². The monoisotopic (exact) mass is 308 g/mol. The lowest BCUT2D eigenvalue weighted by Gasteiger charge is -2.08. The lowest BCUT2D eigenvalue weighted by atomic mass is 10.1. The van der Waals surface area contributed by atoms with E-state index in [-0.39, 0.29) is 0 Å². The van der Waals surface area contributed by atoms with Gasteiger partial charge in [0.25, 0.3) is 0 Å². The molecule has 0 bridgehead atoms. The van der Waals surface area contributed by atoms with E-state index in [0.29, 0.717) is 27.2 Å². The van der Waals surface area contributed by atoms with Gasteiger partial charge in [0.05, 0.1) is 12.8 Å². The highest BCUT2D eigenvalue weighted by atomic mass is 35.5. The summed E-state index contributed by atoms with van der Waals surface area (Å²) in [6.45, 7) is 3.98. The Hall–Kier alpha value is -1.58. The minimum atomic E-state index is 0.527. The van der Waals surface area contributed by atoms with Crippen LogP contribution < -0.4 is 4.74 Å². The summed E-state index contributed by atoms with van der Waals surface area (Å²) in [4.78, 5) is 0. The van der Waals surface area contributed by atoms with Gasteiger partial charge in [-0.05, 0) is 49.2 Å². The van der Waals surface area contributed by atoms with Gasteiger partial charge in [0.1, 0.15) is 11.4 Å². The van der Waals surface area contributed by atoms with Crippen molar-refractivity contribution in [2.75, 3.05) is 7.11 Å². The fourth-order valence-electron chi connectivity index (χ4n) is 1.98. The highest BCUT2D eigenvalue weighted by molar-refractivity contribution is 6.35. The lowest BCUT2D eigenvalue weighted by molar-refractivity contribution is 0.412. The van der Waals surface area contributed by atoms with Crippen LogP contribution in [0, 0.1) is 13.8 Å². The summed E-state index contributed by atoms with van der Waals surface area (Å²) in [6, 6.07) is 9.01. The zero-order valence-electron chi connectivity index (χ0n) is 11.4. The summed E-state index contributed by atoms with van der Waals surface area (Å²) in [5.41, 5.74) is 3.40. The second-order valence-electron chi connectivity index (χ2n) is 4.46. The average molecular weight is 309 g/mol. The molecule has 0 N–H and O–H groups in total. The number of azo groups is 1. The van der Waals surface area contributed by atoms with Crippen LogP contribution in [0.25, 0.3) is 0 Å². The third-order valence-corrected chi connectivity index (χ3v) is 3.16. The SMILES string of the molecule is COc1c(C)cc(C)cc1N=Nc1cc(Cl)cc(Cl)c1. The van der Waals surface area contributed by atoms with Crippen LogP contribution in [0.2, 0.25) is 10.0 Å². The third kappa shape index (κ3) is 3.50. The first kappa shape index (κ1) is 14.8. The van der Waals surface area contributed by atoms with E-state index in [2.05, 4.69) is 10.2 Å². The van der Waals surface area contributed by atoms with Gasteiger partial charge in [-0.3, -0.25) is 0 Å². The van der Waals surface area contributed by atoms with E-state index in [0.717, 1.165) is 11.1 Å². The van der Waals surface area contributed by atoms with E-state index < -0.39 is 0 Å². The molecule has 0 amide bonds. The molecule has 20 heavy (non-hydrogen) atoms. The molecular weight excluding hydrogens is 295 g/mol. The Balaban J connectivity index is 2.40. The average Bonchev–Trinajstić information content (AvgIpc) is 2.34. The minimum absolute atomic E-state index is 0.527. The molecule has 0 aliphatic rings. The highest BCUT2D eigenvalue weighted by Gasteiger charge is 2.07. The largest absolute Gasteiger partial charge is 0.494 e. The Labute approximate surface area is 128 Å². The van der Waals surface area contributed by atoms with Gasteiger partial charge in [-0.25, -0.2) is 0 Å². The number of rotatable bonds is 3. The van der Waals surface area contributed by atoms with E-state index in [1.165, 1.54) is 0 Å². The van der Waals surface area contributed by atoms with Crippen LogP contribution in [-0.2, 0) is 0 Å². The predicted octanol–water partition coefficient (Wildman–Crippen LogP) is 6.03. The number of methoxy groups -OCH3 is 1. The minimum Gasteiger partial charge on any atom is -0.494 e. The van der Waals surface area contributed by atoms with Crippen molar-refractivity contribution >= 4 is 34.6 Å². The summed E-state index contributed by atoms with van der Waals surface area (Å²) in [7, 11) is 1.62. The van der Waals surface area contributed by atoms with Gasteiger partial charge in [0.15, 0.2) is 0 Å². The van der Waals surface area contributed by atoms with E-state index in [1.54, 1.807) is 25.3 Å². The smallest absolute Gasteiger partial charge is 0.149 e. The van der Waals surface area contributed by atoms with E-state index in [4.69, 9.17) is 27.9 Å². The Morgan fingerprint density at radius 3 is 2.15 bits per heavy atom. The van der Waals surface area contributed by atoms with Gasteiger partial charge < -0.3 is 4.74 Å². The van der Waals surface area contributed by atoms with Crippen molar-refractivity contribution in [3.63, 3.8) is 0 Å². The van der Waals surface area contributed by atoms with Crippen LogP contribution in [-0.4, -0.2) is 7.11 Å². The Morgan fingerprint density at radius 1 is 0.900 bits per heavy atom. The van der Waals surface area contributed by atoms with Crippen molar-refractivity contribution < 1.29 is 4.74 Å². The quantitative estimate of drug-likeness (QED) is 0.637. The molecule has 0 aliphatic heterocycles. The number of ether oxygens (including phenoxy) is 1.